The van der Waals surface area contributed by atoms with Crippen LogP contribution in [0.4, 0.5) is 8.78 Å². The number of H-pyrrole nitrogens is 1. The summed E-state index contributed by atoms with van der Waals surface area (Å²) >= 11 is 1.81. The molecule has 0 saturated carbocycles. The van der Waals surface area contributed by atoms with E-state index >= 15 is 0 Å². The summed E-state index contributed by atoms with van der Waals surface area (Å²) in [7, 11) is 1.25. The Morgan fingerprint density at radius 1 is 1.62 bits per heavy atom. The van der Waals surface area contributed by atoms with Crippen molar-refractivity contribution < 1.29 is 13.5 Å². The summed E-state index contributed by atoms with van der Waals surface area (Å²) in [5.74, 6) is -0.0562. The molecule has 6 heteroatoms. The molecule has 0 aliphatic carbocycles. The van der Waals surface area contributed by atoms with Gasteiger partial charge in [0, 0.05) is 6.20 Å². The maximum absolute atomic E-state index is 12.4. The highest BCUT2D eigenvalue weighted by Gasteiger charge is 2.20. The van der Waals surface area contributed by atoms with Gasteiger partial charge in [0.2, 0.25) is 0 Å². The first-order valence-electron chi connectivity index (χ1n) is 3.31. The van der Waals surface area contributed by atoms with Crippen LogP contribution in [0.5, 0.6) is 5.75 Å². The van der Waals surface area contributed by atoms with Crippen LogP contribution >= 0.6 is 22.6 Å². The number of ether oxygens (including phenoxy) is 1. The van der Waals surface area contributed by atoms with E-state index in [4.69, 9.17) is 4.74 Å². The van der Waals surface area contributed by atoms with Crippen molar-refractivity contribution in [3.8, 4) is 5.75 Å². The van der Waals surface area contributed by atoms with Crippen molar-refractivity contribution in [2.75, 3.05) is 7.11 Å². The Hall–Kier alpha value is -0.660. The zero-order valence-electron chi connectivity index (χ0n) is 6.61. The van der Waals surface area contributed by atoms with Crippen LogP contribution in [-0.2, 0) is 0 Å². The monoisotopic (exact) mass is 301 g/mol. The molecule has 0 radical (unpaired) electrons. The lowest BCUT2D eigenvalue weighted by Gasteiger charge is -2.07. The Labute approximate surface area is 86.2 Å². The molecule has 0 amide bonds. The minimum absolute atomic E-state index is 0.0562. The van der Waals surface area contributed by atoms with Crippen molar-refractivity contribution in [2.45, 2.75) is 6.43 Å². The highest BCUT2D eigenvalue weighted by atomic mass is 127. The number of methoxy groups -OCH3 is 1. The number of hydrogen-bond acceptors (Lipinski definition) is 2. The minimum atomic E-state index is -2.83. The van der Waals surface area contributed by atoms with E-state index in [9.17, 15) is 13.6 Å². The molecule has 0 unspecified atom stereocenters. The van der Waals surface area contributed by atoms with Crippen LogP contribution < -0.4 is 10.3 Å². The molecule has 0 saturated heterocycles. The first-order chi connectivity index (χ1) is 6.07. The molecular weight excluding hydrogens is 295 g/mol. The fraction of sp³-hybridized carbons (Fsp3) is 0.286. The number of pyridine rings is 1. The molecule has 1 N–H and O–H groups in total. The summed E-state index contributed by atoms with van der Waals surface area (Å²) in [5, 5.41) is 0. The predicted molar refractivity (Wildman–Crippen MR) is 51.3 cm³/mol. The van der Waals surface area contributed by atoms with E-state index in [-0.39, 0.29) is 5.75 Å². The van der Waals surface area contributed by atoms with Crippen LogP contribution in [-0.4, -0.2) is 12.1 Å². The Kier molecular flexibility index (Phi) is 3.23. The van der Waals surface area contributed by atoms with Crippen molar-refractivity contribution in [1.82, 2.24) is 4.98 Å². The van der Waals surface area contributed by atoms with Gasteiger partial charge in [-0.15, -0.1) is 0 Å². The van der Waals surface area contributed by atoms with Gasteiger partial charge in [-0.3, -0.25) is 4.79 Å². The number of alkyl halides is 2. The van der Waals surface area contributed by atoms with E-state index in [1.165, 1.54) is 13.3 Å². The largest absolute Gasteiger partial charge is 0.495 e. The molecule has 13 heavy (non-hydrogen) atoms. The topological polar surface area (TPSA) is 42.1 Å². The van der Waals surface area contributed by atoms with Gasteiger partial charge < -0.3 is 9.72 Å². The van der Waals surface area contributed by atoms with Gasteiger partial charge in [0.1, 0.15) is 11.3 Å². The van der Waals surface area contributed by atoms with E-state index in [2.05, 4.69) is 4.98 Å². The predicted octanol–water partition coefficient (Wildman–Crippen LogP) is 1.93. The number of nitrogens with one attached hydrogen (secondary N) is 1. The summed E-state index contributed by atoms with van der Waals surface area (Å²) in [6.07, 6.45) is -1.50. The van der Waals surface area contributed by atoms with E-state index < -0.39 is 17.5 Å². The molecule has 1 aromatic rings. The molecule has 1 heterocycles. The number of hydrogen-bond donors (Lipinski definition) is 1. The van der Waals surface area contributed by atoms with Crippen molar-refractivity contribution >= 4 is 22.6 Å². The van der Waals surface area contributed by atoms with Crippen LogP contribution in [0.15, 0.2) is 11.0 Å². The van der Waals surface area contributed by atoms with Crippen LogP contribution in [0, 0.1) is 3.57 Å². The standard InChI is InChI=1S/C7H6F2INO2/c1-13-5-3(10)2-11-7(12)4(5)6(8)9/h2,6H,1H3,(H,11,12). The van der Waals surface area contributed by atoms with Crippen molar-refractivity contribution in [1.29, 1.82) is 0 Å². The van der Waals surface area contributed by atoms with Crippen molar-refractivity contribution in [3.63, 3.8) is 0 Å². The maximum atomic E-state index is 12.4. The quantitative estimate of drug-likeness (QED) is 0.848. The van der Waals surface area contributed by atoms with Crippen LogP contribution in [0.25, 0.3) is 0 Å². The van der Waals surface area contributed by atoms with Gasteiger partial charge in [-0.05, 0) is 22.6 Å². The molecule has 0 atom stereocenters. The third-order valence-electron chi connectivity index (χ3n) is 1.46. The van der Waals surface area contributed by atoms with E-state index in [1.54, 1.807) is 0 Å². The van der Waals surface area contributed by atoms with Crippen LogP contribution in [0.1, 0.15) is 12.0 Å². The number of aromatic amines is 1. The molecule has 0 aliphatic rings. The fourth-order valence-corrected chi connectivity index (χ4v) is 1.58. The van der Waals surface area contributed by atoms with Gasteiger partial charge in [0.05, 0.1) is 10.7 Å². The number of rotatable bonds is 2. The first kappa shape index (κ1) is 10.4. The Morgan fingerprint density at radius 2 is 2.23 bits per heavy atom. The Morgan fingerprint density at radius 3 is 2.62 bits per heavy atom. The second-order valence-electron chi connectivity index (χ2n) is 2.21. The van der Waals surface area contributed by atoms with Gasteiger partial charge in [0.15, 0.2) is 0 Å². The fourth-order valence-electron chi connectivity index (χ4n) is 0.910. The molecule has 3 nitrogen and oxygen atoms in total. The van der Waals surface area contributed by atoms with E-state index in [0.29, 0.717) is 3.57 Å². The normalized spacial score (nSPS) is 10.5. The third kappa shape index (κ3) is 1.98. The molecule has 1 aromatic heterocycles. The summed E-state index contributed by atoms with van der Waals surface area (Å²) < 4.78 is 29.9. The summed E-state index contributed by atoms with van der Waals surface area (Å²) in [4.78, 5) is 13.2. The average molecular weight is 301 g/mol. The summed E-state index contributed by atoms with van der Waals surface area (Å²) in [6, 6.07) is 0. The Balaban J connectivity index is 3.44. The highest BCUT2D eigenvalue weighted by molar-refractivity contribution is 14.1. The second-order valence-corrected chi connectivity index (χ2v) is 3.38. The SMILES string of the molecule is COc1c(I)c[nH]c(=O)c1C(F)F. The molecular formula is C7H6F2INO2. The van der Waals surface area contributed by atoms with Crippen LogP contribution in [0.2, 0.25) is 0 Å². The van der Waals surface area contributed by atoms with E-state index in [0.717, 1.165) is 0 Å². The van der Waals surface area contributed by atoms with Gasteiger partial charge in [-0.2, -0.15) is 0 Å². The highest BCUT2D eigenvalue weighted by Crippen LogP contribution is 2.28. The zero-order chi connectivity index (χ0) is 10.0. The summed E-state index contributed by atoms with van der Waals surface area (Å²) in [6.45, 7) is 0. The average Bonchev–Trinajstić information content (AvgIpc) is 2.07. The van der Waals surface area contributed by atoms with Gasteiger partial charge in [-0.1, -0.05) is 0 Å². The van der Waals surface area contributed by atoms with Crippen LogP contribution in [0.3, 0.4) is 0 Å². The zero-order valence-corrected chi connectivity index (χ0v) is 8.76. The van der Waals surface area contributed by atoms with Crippen molar-refractivity contribution in [2.24, 2.45) is 0 Å². The lowest BCUT2D eigenvalue weighted by molar-refractivity contribution is 0.145. The lowest BCUT2D eigenvalue weighted by Crippen LogP contribution is -2.15. The molecule has 0 spiro atoms. The summed E-state index contributed by atoms with van der Waals surface area (Å²) in [5.41, 5.74) is -1.43. The van der Waals surface area contributed by atoms with Gasteiger partial charge >= 0.3 is 0 Å². The number of aromatic nitrogens is 1. The minimum Gasteiger partial charge on any atom is -0.495 e. The smallest absolute Gasteiger partial charge is 0.272 e. The lowest BCUT2D eigenvalue weighted by atomic mass is 10.2. The third-order valence-corrected chi connectivity index (χ3v) is 2.26. The number of halogens is 3. The van der Waals surface area contributed by atoms with Gasteiger partial charge in [-0.25, -0.2) is 8.78 Å². The molecule has 72 valence electrons. The molecule has 1 rings (SSSR count). The molecule has 0 aliphatic heterocycles. The molecule has 0 bridgehead atoms. The second kappa shape index (κ2) is 4.03. The Bertz CT molecular complexity index is 364. The first-order valence-corrected chi connectivity index (χ1v) is 4.39. The van der Waals surface area contributed by atoms with E-state index in [1.807, 2.05) is 22.6 Å². The molecule has 0 aromatic carbocycles. The maximum Gasteiger partial charge on any atom is 0.272 e. The van der Waals surface area contributed by atoms with Crippen molar-refractivity contribution in [3.05, 3.63) is 25.7 Å². The van der Waals surface area contributed by atoms with Gasteiger partial charge in [0.25, 0.3) is 12.0 Å². The molecule has 0 fully saturated rings.